The Hall–Kier alpha value is -0.960. The summed E-state index contributed by atoms with van der Waals surface area (Å²) in [5, 5.41) is 1.79. The van der Waals surface area contributed by atoms with Gasteiger partial charge in [-0.2, -0.15) is 4.31 Å². The Morgan fingerprint density at radius 2 is 1.92 bits per heavy atom. The third kappa shape index (κ3) is 3.21. The average molecular weight is 399 g/mol. The van der Waals surface area contributed by atoms with Crippen LogP contribution in [0.4, 0.5) is 0 Å². The van der Waals surface area contributed by atoms with Gasteiger partial charge in [0, 0.05) is 26.2 Å². The van der Waals surface area contributed by atoms with Crippen LogP contribution in [0.25, 0.3) is 0 Å². The first-order chi connectivity index (χ1) is 12.5. The highest BCUT2D eigenvalue weighted by atomic mass is 32.2. The summed E-state index contributed by atoms with van der Waals surface area (Å²) in [5.74, 6) is -0.102. The van der Waals surface area contributed by atoms with Gasteiger partial charge >= 0.3 is 0 Å². The molecule has 144 valence electrons. The van der Waals surface area contributed by atoms with Crippen molar-refractivity contribution in [1.82, 2.24) is 9.21 Å². The molecule has 4 rings (SSSR count). The van der Waals surface area contributed by atoms with Gasteiger partial charge in [-0.15, -0.1) is 11.3 Å². The van der Waals surface area contributed by atoms with Gasteiger partial charge in [0.25, 0.3) is 10.0 Å². The van der Waals surface area contributed by atoms with E-state index in [4.69, 9.17) is 4.74 Å². The fourth-order valence-corrected chi connectivity index (χ4v) is 7.45. The summed E-state index contributed by atoms with van der Waals surface area (Å²) in [4.78, 5) is 15.2. The highest BCUT2D eigenvalue weighted by molar-refractivity contribution is 7.91. The number of rotatable bonds is 3. The molecule has 0 N–H and O–H groups in total. The molecule has 0 aromatic carbocycles. The number of thiophene rings is 1. The predicted molar refractivity (Wildman–Crippen MR) is 99.5 cm³/mol. The van der Waals surface area contributed by atoms with Crippen LogP contribution < -0.4 is 0 Å². The zero-order chi connectivity index (χ0) is 18.2. The lowest BCUT2D eigenvalue weighted by molar-refractivity contribution is -0.143. The first kappa shape index (κ1) is 18.4. The second-order valence-electron chi connectivity index (χ2n) is 7.64. The quantitative estimate of drug-likeness (QED) is 0.783. The van der Waals surface area contributed by atoms with Gasteiger partial charge in [-0.1, -0.05) is 25.3 Å². The molecular formula is C18H26N2O4S2. The molecule has 1 saturated carbocycles. The minimum atomic E-state index is -3.51. The van der Waals surface area contributed by atoms with Crippen molar-refractivity contribution in [1.29, 1.82) is 0 Å². The topological polar surface area (TPSA) is 66.9 Å². The lowest BCUT2D eigenvalue weighted by Gasteiger charge is -2.40. The summed E-state index contributed by atoms with van der Waals surface area (Å²) in [6, 6.07) is 3.42. The minimum Gasteiger partial charge on any atom is -0.378 e. The van der Waals surface area contributed by atoms with Crippen molar-refractivity contribution in [2.24, 2.45) is 11.3 Å². The second-order valence-corrected chi connectivity index (χ2v) is 10.8. The van der Waals surface area contributed by atoms with E-state index in [-0.39, 0.29) is 17.2 Å². The van der Waals surface area contributed by atoms with Crippen LogP contribution in [-0.2, 0) is 19.6 Å². The van der Waals surface area contributed by atoms with Gasteiger partial charge in [-0.05, 0) is 29.7 Å². The molecule has 2 saturated heterocycles. The highest BCUT2D eigenvalue weighted by Crippen LogP contribution is 2.49. The van der Waals surface area contributed by atoms with Crippen molar-refractivity contribution < 1.29 is 17.9 Å². The van der Waals surface area contributed by atoms with Crippen LogP contribution in [0.5, 0.6) is 0 Å². The fraction of sp³-hybridized carbons (Fsp3) is 0.722. The maximum absolute atomic E-state index is 13.3. The van der Waals surface area contributed by atoms with Crippen LogP contribution >= 0.6 is 11.3 Å². The second kappa shape index (κ2) is 7.22. The van der Waals surface area contributed by atoms with Crippen molar-refractivity contribution in [2.45, 2.75) is 36.3 Å². The number of morpholine rings is 1. The molecule has 1 aliphatic carbocycles. The number of sulfonamides is 1. The van der Waals surface area contributed by atoms with Gasteiger partial charge in [0.2, 0.25) is 5.91 Å². The Balaban J connectivity index is 1.62. The van der Waals surface area contributed by atoms with Crippen molar-refractivity contribution in [2.75, 3.05) is 39.4 Å². The molecule has 0 radical (unpaired) electrons. The standard InChI is InChI=1S/C18H26N2O4S2/c21-17(19-8-10-24-11-9-19)15-13-20(14-18(15)6-2-1-3-7-18)26(22,23)16-5-4-12-25-16/h4-5,12,15H,1-3,6-11,13-14H2/t15-/m1/s1. The third-order valence-electron chi connectivity index (χ3n) is 6.18. The van der Waals surface area contributed by atoms with Gasteiger partial charge in [0.05, 0.1) is 19.1 Å². The van der Waals surface area contributed by atoms with E-state index in [2.05, 4.69) is 0 Å². The van der Waals surface area contributed by atoms with Crippen LogP contribution in [0, 0.1) is 11.3 Å². The number of ether oxygens (including phenoxy) is 1. The van der Waals surface area contributed by atoms with Gasteiger partial charge in [0.1, 0.15) is 4.21 Å². The summed E-state index contributed by atoms with van der Waals surface area (Å²) in [7, 11) is -3.51. The number of hydrogen-bond donors (Lipinski definition) is 0. The molecule has 3 aliphatic rings. The molecule has 1 aromatic heterocycles. The first-order valence-electron chi connectivity index (χ1n) is 9.43. The summed E-state index contributed by atoms with van der Waals surface area (Å²) < 4.78 is 33.4. The molecule has 0 unspecified atom stereocenters. The molecule has 3 fully saturated rings. The number of carbonyl (C=O) groups is 1. The van der Waals surface area contributed by atoms with E-state index in [0.717, 1.165) is 25.7 Å². The maximum atomic E-state index is 13.3. The Kier molecular flexibility index (Phi) is 5.11. The predicted octanol–water partition coefficient (Wildman–Crippen LogP) is 2.18. The zero-order valence-electron chi connectivity index (χ0n) is 14.9. The van der Waals surface area contributed by atoms with E-state index in [1.54, 1.807) is 21.8 Å². The lowest BCUT2D eigenvalue weighted by atomic mass is 9.67. The van der Waals surface area contributed by atoms with E-state index in [1.165, 1.54) is 17.8 Å². The van der Waals surface area contributed by atoms with Crippen LogP contribution in [0.1, 0.15) is 32.1 Å². The number of nitrogens with zero attached hydrogens (tertiary/aromatic N) is 2. The molecule has 2 aliphatic heterocycles. The molecule has 1 spiro atoms. The van der Waals surface area contributed by atoms with E-state index < -0.39 is 10.0 Å². The van der Waals surface area contributed by atoms with Crippen molar-refractivity contribution >= 4 is 27.3 Å². The van der Waals surface area contributed by atoms with Crippen LogP contribution in [0.15, 0.2) is 21.7 Å². The smallest absolute Gasteiger partial charge is 0.252 e. The monoisotopic (exact) mass is 398 g/mol. The SMILES string of the molecule is O=C([C@H]1CN(S(=O)(=O)c2cccs2)CC12CCCCC2)N1CCOCC1. The summed E-state index contributed by atoms with van der Waals surface area (Å²) >= 11 is 1.25. The first-order valence-corrected chi connectivity index (χ1v) is 11.8. The molecule has 1 aromatic rings. The summed E-state index contributed by atoms with van der Waals surface area (Å²) in [6.07, 6.45) is 5.24. The van der Waals surface area contributed by atoms with Crippen molar-refractivity contribution in [3.8, 4) is 0 Å². The van der Waals surface area contributed by atoms with Crippen LogP contribution in [-0.4, -0.2) is 62.9 Å². The molecule has 8 heteroatoms. The molecule has 1 atom stereocenters. The summed E-state index contributed by atoms with van der Waals surface area (Å²) in [6.45, 7) is 3.17. The fourth-order valence-electron chi connectivity index (χ4n) is 4.75. The van der Waals surface area contributed by atoms with E-state index in [9.17, 15) is 13.2 Å². The van der Waals surface area contributed by atoms with Crippen LogP contribution in [0.2, 0.25) is 0 Å². The third-order valence-corrected chi connectivity index (χ3v) is 9.36. The normalized spacial score (nSPS) is 27.1. The zero-order valence-corrected chi connectivity index (χ0v) is 16.6. The Bertz CT molecular complexity index is 735. The molecule has 3 heterocycles. The van der Waals surface area contributed by atoms with Gasteiger partial charge in [-0.3, -0.25) is 4.79 Å². The molecular weight excluding hydrogens is 372 g/mol. The molecule has 26 heavy (non-hydrogen) atoms. The number of amides is 1. The van der Waals surface area contributed by atoms with Gasteiger partial charge in [0.15, 0.2) is 0 Å². The van der Waals surface area contributed by atoms with Gasteiger partial charge in [-0.25, -0.2) is 8.42 Å². The van der Waals surface area contributed by atoms with E-state index >= 15 is 0 Å². The van der Waals surface area contributed by atoms with E-state index in [1.807, 2.05) is 4.90 Å². The Labute approximate surface area is 159 Å². The van der Waals surface area contributed by atoms with Gasteiger partial charge < -0.3 is 9.64 Å². The number of carbonyl (C=O) groups excluding carboxylic acids is 1. The lowest BCUT2D eigenvalue weighted by Crippen LogP contribution is -2.48. The average Bonchev–Trinajstić information content (AvgIpc) is 3.32. The maximum Gasteiger partial charge on any atom is 0.252 e. The van der Waals surface area contributed by atoms with Crippen LogP contribution in [0.3, 0.4) is 0 Å². The molecule has 6 nitrogen and oxygen atoms in total. The Morgan fingerprint density at radius 1 is 1.19 bits per heavy atom. The Morgan fingerprint density at radius 3 is 2.58 bits per heavy atom. The summed E-state index contributed by atoms with van der Waals surface area (Å²) in [5.41, 5.74) is -0.196. The number of hydrogen-bond acceptors (Lipinski definition) is 5. The minimum absolute atomic E-state index is 0.124. The van der Waals surface area contributed by atoms with E-state index in [0.29, 0.717) is 43.6 Å². The molecule has 1 amide bonds. The highest BCUT2D eigenvalue weighted by Gasteiger charge is 2.54. The van der Waals surface area contributed by atoms with Crippen molar-refractivity contribution in [3.05, 3.63) is 17.5 Å². The molecule has 0 bridgehead atoms. The van der Waals surface area contributed by atoms with Crippen molar-refractivity contribution in [3.63, 3.8) is 0 Å². The largest absolute Gasteiger partial charge is 0.378 e.